The van der Waals surface area contributed by atoms with Gasteiger partial charge in [-0.15, -0.1) is 0 Å². The van der Waals surface area contributed by atoms with Crippen LogP contribution in [-0.4, -0.2) is 64.9 Å². The maximum Gasteiger partial charge on any atom is 0.269 e. The standard InChI is InChI=1S/C30H28N4O6/c1-39-25-12-7-18(15-26(25)40-2)13-14-32-17-27(35)33-24(30(32)36)16-22-21-5-3-4-6-23(21)31-28(22)29(33)19-8-10-20(11-9-19)34(37)38/h3-12,15,24,29,31H,13-14,16-17H2,1-2H3/t24-,29?/m0/s1. The number of piperazine rings is 1. The van der Waals surface area contributed by atoms with E-state index in [0.29, 0.717) is 36.4 Å². The van der Waals surface area contributed by atoms with Crippen molar-refractivity contribution < 1.29 is 24.0 Å². The number of nitrogens with zero attached hydrogens (tertiary/aromatic N) is 3. The Bertz CT molecular complexity index is 1630. The van der Waals surface area contributed by atoms with Gasteiger partial charge in [0.2, 0.25) is 11.8 Å². The number of aromatic nitrogens is 1. The second-order valence-corrected chi connectivity index (χ2v) is 10.0. The summed E-state index contributed by atoms with van der Waals surface area (Å²) in [4.78, 5) is 45.2. The maximum atomic E-state index is 13.9. The Morgan fingerprint density at radius 2 is 1.75 bits per heavy atom. The first kappa shape index (κ1) is 25.4. The van der Waals surface area contributed by atoms with Gasteiger partial charge in [0.1, 0.15) is 6.04 Å². The third-order valence-corrected chi connectivity index (χ3v) is 7.88. The average Bonchev–Trinajstić information content (AvgIpc) is 3.35. The molecule has 0 radical (unpaired) electrons. The molecule has 1 unspecified atom stereocenters. The third kappa shape index (κ3) is 4.21. The molecule has 0 bridgehead atoms. The summed E-state index contributed by atoms with van der Waals surface area (Å²) in [5.41, 5.74) is 4.39. The number of hydrogen-bond donors (Lipinski definition) is 1. The first-order chi connectivity index (χ1) is 19.4. The largest absolute Gasteiger partial charge is 0.493 e. The quantitative estimate of drug-likeness (QED) is 0.280. The molecule has 204 valence electrons. The zero-order chi connectivity index (χ0) is 28.0. The SMILES string of the molecule is COc1ccc(CCN2CC(=O)N3C(c4ccc([N+](=O)[O-])cc4)c4[nH]c5ccccc5c4C[C@H]3C2=O)cc1OC. The second kappa shape index (κ2) is 10.0. The molecule has 1 N–H and O–H groups in total. The van der Waals surface area contributed by atoms with Gasteiger partial charge in [-0.2, -0.15) is 0 Å². The van der Waals surface area contributed by atoms with Crippen LogP contribution in [0.4, 0.5) is 5.69 Å². The van der Waals surface area contributed by atoms with E-state index in [1.807, 2.05) is 42.5 Å². The minimum atomic E-state index is -0.682. The number of rotatable bonds is 7. The van der Waals surface area contributed by atoms with Gasteiger partial charge in [0, 0.05) is 41.7 Å². The number of ether oxygens (including phenoxy) is 2. The van der Waals surface area contributed by atoms with Gasteiger partial charge >= 0.3 is 0 Å². The van der Waals surface area contributed by atoms with Crippen molar-refractivity contribution in [3.63, 3.8) is 0 Å². The first-order valence-corrected chi connectivity index (χ1v) is 13.0. The fourth-order valence-corrected chi connectivity index (χ4v) is 5.94. The second-order valence-electron chi connectivity index (χ2n) is 10.0. The summed E-state index contributed by atoms with van der Waals surface area (Å²) in [7, 11) is 3.15. The van der Waals surface area contributed by atoms with Crippen LogP contribution >= 0.6 is 0 Å². The van der Waals surface area contributed by atoms with Gasteiger partial charge in [-0.05, 0) is 53.4 Å². The van der Waals surface area contributed by atoms with Gasteiger partial charge in [-0.1, -0.05) is 24.3 Å². The molecular formula is C30H28N4O6. The fourth-order valence-electron chi connectivity index (χ4n) is 5.94. The number of benzene rings is 3. The number of amides is 2. The van der Waals surface area contributed by atoms with Crippen molar-refractivity contribution in [2.45, 2.75) is 24.9 Å². The summed E-state index contributed by atoms with van der Waals surface area (Å²) in [6.07, 6.45) is 0.941. The molecule has 10 nitrogen and oxygen atoms in total. The van der Waals surface area contributed by atoms with E-state index in [0.717, 1.165) is 27.7 Å². The van der Waals surface area contributed by atoms with E-state index in [2.05, 4.69) is 4.98 Å². The van der Waals surface area contributed by atoms with Crippen LogP contribution in [0.3, 0.4) is 0 Å². The Balaban J connectivity index is 1.34. The Morgan fingerprint density at radius 1 is 1.00 bits per heavy atom. The van der Waals surface area contributed by atoms with Crippen molar-refractivity contribution >= 4 is 28.4 Å². The maximum absolute atomic E-state index is 13.9. The number of fused-ring (bicyclic) bond motifs is 4. The molecule has 3 heterocycles. The zero-order valence-corrected chi connectivity index (χ0v) is 22.1. The number of hydrogen-bond acceptors (Lipinski definition) is 6. The normalized spacial score (nSPS) is 18.4. The molecule has 1 saturated heterocycles. The van der Waals surface area contributed by atoms with E-state index >= 15 is 0 Å². The molecule has 2 aliphatic rings. The Kier molecular flexibility index (Phi) is 6.37. The molecule has 40 heavy (non-hydrogen) atoms. The number of carbonyl (C=O) groups excluding carboxylic acids is 2. The van der Waals surface area contributed by atoms with Crippen LogP contribution in [-0.2, 0) is 22.4 Å². The number of methoxy groups -OCH3 is 2. The zero-order valence-electron chi connectivity index (χ0n) is 22.1. The minimum absolute atomic E-state index is 0.0321. The number of aromatic amines is 1. The molecule has 0 aliphatic carbocycles. The summed E-state index contributed by atoms with van der Waals surface area (Å²) in [5, 5.41) is 12.3. The van der Waals surface area contributed by atoms with Gasteiger partial charge < -0.3 is 24.3 Å². The predicted octanol–water partition coefficient (Wildman–Crippen LogP) is 4.02. The molecular weight excluding hydrogens is 512 g/mol. The molecule has 3 aromatic carbocycles. The molecule has 0 spiro atoms. The van der Waals surface area contributed by atoms with E-state index < -0.39 is 17.0 Å². The van der Waals surface area contributed by atoms with Crippen LogP contribution in [0, 0.1) is 10.1 Å². The van der Waals surface area contributed by atoms with E-state index in [-0.39, 0.29) is 24.0 Å². The molecule has 1 fully saturated rings. The van der Waals surface area contributed by atoms with Crippen molar-refractivity contribution in [1.29, 1.82) is 0 Å². The van der Waals surface area contributed by atoms with Crippen molar-refractivity contribution in [2.75, 3.05) is 27.3 Å². The molecule has 2 atom stereocenters. The molecule has 10 heteroatoms. The van der Waals surface area contributed by atoms with Crippen LogP contribution in [0.1, 0.15) is 28.4 Å². The lowest BCUT2D eigenvalue weighted by Gasteiger charge is -2.47. The van der Waals surface area contributed by atoms with Crippen molar-refractivity contribution in [3.05, 3.63) is 99.2 Å². The van der Waals surface area contributed by atoms with Crippen molar-refractivity contribution in [3.8, 4) is 11.5 Å². The van der Waals surface area contributed by atoms with E-state index in [1.54, 1.807) is 36.2 Å². The van der Waals surface area contributed by atoms with Gasteiger partial charge in [0.05, 0.1) is 31.7 Å². The fraction of sp³-hybridized carbons (Fsp3) is 0.267. The highest BCUT2D eigenvalue weighted by Gasteiger charge is 2.48. The topological polar surface area (TPSA) is 118 Å². The average molecular weight is 541 g/mol. The van der Waals surface area contributed by atoms with Crippen LogP contribution in [0.15, 0.2) is 66.7 Å². The lowest BCUT2D eigenvalue weighted by Crippen LogP contribution is -2.63. The minimum Gasteiger partial charge on any atom is -0.493 e. The van der Waals surface area contributed by atoms with Crippen LogP contribution < -0.4 is 9.47 Å². The number of H-pyrrole nitrogens is 1. The van der Waals surface area contributed by atoms with E-state index in [4.69, 9.17) is 9.47 Å². The van der Waals surface area contributed by atoms with Gasteiger partial charge in [0.15, 0.2) is 11.5 Å². The predicted molar refractivity (Wildman–Crippen MR) is 147 cm³/mol. The highest BCUT2D eigenvalue weighted by Crippen LogP contribution is 2.42. The van der Waals surface area contributed by atoms with E-state index in [9.17, 15) is 19.7 Å². The molecule has 4 aromatic rings. The number of carbonyl (C=O) groups is 2. The van der Waals surface area contributed by atoms with Gasteiger partial charge in [-0.3, -0.25) is 19.7 Å². The molecule has 0 saturated carbocycles. The van der Waals surface area contributed by atoms with Crippen LogP contribution in [0.5, 0.6) is 11.5 Å². The van der Waals surface area contributed by atoms with Gasteiger partial charge in [0.25, 0.3) is 5.69 Å². The first-order valence-electron chi connectivity index (χ1n) is 13.0. The number of nitro benzene ring substituents is 1. The Hall–Kier alpha value is -4.86. The van der Waals surface area contributed by atoms with Crippen molar-refractivity contribution in [1.82, 2.24) is 14.8 Å². The summed E-state index contributed by atoms with van der Waals surface area (Å²) in [6, 6.07) is 18.5. The van der Waals surface area contributed by atoms with Crippen LogP contribution in [0.2, 0.25) is 0 Å². The number of non-ortho nitro benzene ring substituents is 1. The summed E-state index contributed by atoms with van der Waals surface area (Å²) in [6.45, 7) is 0.342. The number of nitro groups is 1. The summed E-state index contributed by atoms with van der Waals surface area (Å²) < 4.78 is 10.7. The monoisotopic (exact) mass is 540 g/mol. The van der Waals surface area contributed by atoms with Gasteiger partial charge in [-0.25, -0.2) is 0 Å². The smallest absolute Gasteiger partial charge is 0.269 e. The van der Waals surface area contributed by atoms with Crippen molar-refractivity contribution in [2.24, 2.45) is 0 Å². The van der Waals surface area contributed by atoms with Crippen LogP contribution in [0.25, 0.3) is 10.9 Å². The molecule has 2 aliphatic heterocycles. The lowest BCUT2D eigenvalue weighted by molar-refractivity contribution is -0.384. The molecule has 6 rings (SSSR count). The molecule has 2 amide bonds. The Morgan fingerprint density at radius 3 is 2.48 bits per heavy atom. The summed E-state index contributed by atoms with van der Waals surface area (Å²) in [5.74, 6) is 0.963. The third-order valence-electron chi connectivity index (χ3n) is 7.88. The molecule has 1 aromatic heterocycles. The lowest BCUT2D eigenvalue weighted by atomic mass is 9.86. The highest BCUT2D eigenvalue weighted by atomic mass is 16.6. The van der Waals surface area contributed by atoms with E-state index in [1.165, 1.54) is 12.1 Å². The highest BCUT2D eigenvalue weighted by molar-refractivity contribution is 5.97. The summed E-state index contributed by atoms with van der Waals surface area (Å²) >= 11 is 0. The Labute approximate surface area is 230 Å². The number of para-hydroxylation sites is 1. The number of nitrogens with one attached hydrogen (secondary N) is 1.